The van der Waals surface area contributed by atoms with Gasteiger partial charge in [0, 0.05) is 24.0 Å². The maximum absolute atomic E-state index is 12.9. The van der Waals surface area contributed by atoms with Crippen LogP contribution < -0.4 is 10.2 Å². The van der Waals surface area contributed by atoms with Crippen molar-refractivity contribution in [3.05, 3.63) is 59.5 Å². The Kier molecular flexibility index (Phi) is 7.19. The lowest BCUT2D eigenvalue weighted by Crippen LogP contribution is -2.31. The Morgan fingerprint density at radius 3 is 2.38 bits per heavy atom. The monoisotopic (exact) mass is 470 g/mol. The molecule has 7 nitrogen and oxygen atoms in total. The van der Waals surface area contributed by atoms with Crippen LogP contribution >= 0.6 is 11.3 Å². The fourth-order valence-corrected chi connectivity index (χ4v) is 5.72. The molecule has 32 heavy (non-hydrogen) atoms. The molecule has 1 N–H and O–H groups in total. The Morgan fingerprint density at radius 1 is 1.03 bits per heavy atom. The van der Waals surface area contributed by atoms with Gasteiger partial charge in [-0.2, -0.15) is 9.41 Å². The van der Waals surface area contributed by atoms with Gasteiger partial charge in [-0.25, -0.2) is 13.4 Å². The number of hydrazone groups is 1. The third-order valence-electron chi connectivity index (χ3n) is 5.35. The van der Waals surface area contributed by atoms with Crippen molar-refractivity contribution < 1.29 is 13.2 Å². The molecule has 9 heteroatoms. The van der Waals surface area contributed by atoms with Crippen molar-refractivity contribution in [1.82, 2.24) is 9.29 Å². The SMILES string of the molecule is COc1ccc(/C=N\Nc2nc(-c3ccc(S(=O)(=O)N4CCCCCC4)cc3)cs2)cc1. The van der Waals surface area contributed by atoms with Crippen molar-refractivity contribution in [3.63, 3.8) is 0 Å². The largest absolute Gasteiger partial charge is 0.497 e. The Morgan fingerprint density at radius 2 is 1.72 bits per heavy atom. The zero-order valence-electron chi connectivity index (χ0n) is 17.9. The molecule has 168 valence electrons. The Labute approximate surface area is 192 Å². The van der Waals surface area contributed by atoms with Crippen LogP contribution in [0.4, 0.5) is 5.13 Å². The summed E-state index contributed by atoms with van der Waals surface area (Å²) in [5.41, 5.74) is 5.52. The van der Waals surface area contributed by atoms with E-state index < -0.39 is 10.0 Å². The highest BCUT2D eigenvalue weighted by atomic mass is 32.2. The van der Waals surface area contributed by atoms with Gasteiger partial charge < -0.3 is 4.74 Å². The predicted octanol–water partition coefficient (Wildman–Crippen LogP) is 4.83. The minimum Gasteiger partial charge on any atom is -0.497 e. The molecule has 2 heterocycles. The van der Waals surface area contributed by atoms with Crippen molar-refractivity contribution in [2.24, 2.45) is 5.10 Å². The van der Waals surface area contributed by atoms with Crippen molar-refractivity contribution >= 4 is 32.7 Å². The summed E-state index contributed by atoms with van der Waals surface area (Å²) in [5.74, 6) is 0.796. The number of anilines is 1. The van der Waals surface area contributed by atoms with E-state index in [4.69, 9.17) is 4.74 Å². The van der Waals surface area contributed by atoms with Crippen molar-refractivity contribution in [3.8, 4) is 17.0 Å². The highest BCUT2D eigenvalue weighted by Gasteiger charge is 2.25. The fraction of sp³-hybridized carbons (Fsp3) is 0.304. The normalized spacial score (nSPS) is 15.5. The molecule has 1 aliphatic heterocycles. The van der Waals surface area contributed by atoms with Crippen LogP contribution in [0.2, 0.25) is 0 Å². The summed E-state index contributed by atoms with van der Waals surface area (Å²) >= 11 is 1.44. The van der Waals surface area contributed by atoms with E-state index >= 15 is 0 Å². The van der Waals surface area contributed by atoms with Gasteiger partial charge in [-0.05, 0) is 54.8 Å². The summed E-state index contributed by atoms with van der Waals surface area (Å²) in [6, 6.07) is 14.5. The van der Waals surface area contributed by atoms with Gasteiger partial charge in [-0.15, -0.1) is 11.3 Å². The van der Waals surface area contributed by atoms with E-state index in [-0.39, 0.29) is 0 Å². The van der Waals surface area contributed by atoms with Gasteiger partial charge in [-0.1, -0.05) is 25.0 Å². The molecule has 0 atom stereocenters. The minimum atomic E-state index is -3.45. The van der Waals surface area contributed by atoms with Crippen LogP contribution in [0.3, 0.4) is 0 Å². The molecule has 1 fully saturated rings. The third kappa shape index (κ3) is 5.35. The number of nitrogens with one attached hydrogen (secondary N) is 1. The number of ether oxygens (including phenoxy) is 1. The predicted molar refractivity (Wildman–Crippen MR) is 129 cm³/mol. The molecule has 3 aromatic rings. The smallest absolute Gasteiger partial charge is 0.243 e. The summed E-state index contributed by atoms with van der Waals surface area (Å²) in [4.78, 5) is 4.88. The van der Waals surface area contributed by atoms with E-state index in [1.165, 1.54) is 11.3 Å². The maximum atomic E-state index is 12.9. The standard InChI is InChI=1S/C23H26N4O3S2/c1-30-20-10-6-18(7-11-20)16-24-26-23-25-22(17-31-23)19-8-12-21(13-9-19)32(28,29)27-14-4-2-3-5-15-27/h6-13,16-17H,2-5,14-15H2,1H3,(H,25,26)/b24-16-. The second kappa shape index (κ2) is 10.2. The highest BCUT2D eigenvalue weighted by Crippen LogP contribution is 2.27. The molecular weight excluding hydrogens is 444 g/mol. The molecule has 0 radical (unpaired) electrons. The number of hydrogen-bond donors (Lipinski definition) is 1. The van der Waals surface area contributed by atoms with Crippen LogP contribution in [0.25, 0.3) is 11.3 Å². The lowest BCUT2D eigenvalue weighted by atomic mass is 10.2. The van der Waals surface area contributed by atoms with Gasteiger partial charge in [0.2, 0.25) is 15.2 Å². The zero-order chi connectivity index (χ0) is 22.4. The van der Waals surface area contributed by atoms with Crippen LogP contribution in [0.15, 0.2) is 63.9 Å². The van der Waals surface area contributed by atoms with Crippen LogP contribution in [0, 0.1) is 0 Å². The molecule has 0 saturated carbocycles. The topological polar surface area (TPSA) is 83.9 Å². The molecule has 1 saturated heterocycles. The summed E-state index contributed by atoms with van der Waals surface area (Å²) in [5, 5.41) is 6.81. The van der Waals surface area contributed by atoms with Gasteiger partial charge >= 0.3 is 0 Å². The number of methoxy groups -OCH3 is 1. The van der Waals surface area contributed by atoms with Crippen LogP contribution in [0.5, 0.6) is 5.75 Å². The van der Waals surface area contributed by atoms with E-state index in [0.29, 0.717) is 23.1 Å². The number of thiazole rings is 1. The number of benzene rings is 2. The Hall–Kier alpha value is -2.75. The van der Waals surface area contributed by atoms with Gasteiger partial charge in [0.25, 0.3) is 0 Å². The minimum absolute atomic E-state index is 0.334. The molecule has 0 spiro atoms. The number of aromatic nitrogens is 1. The van der Waals surface area contributed by atoms with Crippen molar-refractivity contribution in [2.45, 2.75) is 30.6 Å². The number of nitrogens with zero attached hydrogens (tertiary/aromatic N) is 3. The van der Waals surface area contributed by atoms with Crippen LogP contribution in [-0.4, -0.2) is 44.1 Å². The second-order valence-electron chi connectivity index (χ2n) is 7.52. The lowest BCUT2D eigenvalue weighted by molar-refractivity contribution is 0.415. The first-order valence-electron chi connectivity index (χ1n) is 10.6. The van der Waals surface area contributed by atoms with Crippen molar-refractivity contribution in [1.29, 1.82) is 0 Å². The van der Waals surface area contributed by atoms with Gasteiger partial charge in [0.15, 0.2) is 0 Å². The Balaban J connectivity index is 1.41. The molecular formula is C23H26N4O3S2. The first kappa shape index (κ1) is 22.4. The van der Waals surface area contributed by atoms with Gasteiger partial charge in [0.05, 0.1) is 23.9 Å². The quantitative estimate of drug-likeness (QED) is 0.395. The van der Waals surface area contributed by atoms with Gasteiger partial charge in [0.1, 0.15) is 5.75 Å². The lowest BCUT2D eigenvalue weighted by Gasteiger charge is -2.19. The highest BCUT2D eigenvalue weighted by molar-refractivity contribution is 7.89. The van der Waals surface area contributed by atoms with Crippen LogP contribution in [-0.2, 0) is 10.0 Å². The van der Waals surface area contributed by atoms with Crippen LogP contribution in [0.1, 0.15) is 31.2 Å². The fourth-order valence-electron chi connectivity index (χ4n) is 3.54. The molecule has 4 rings (SSSR count). The van der Waals surface area contributed by atoms with Crippen molar-refractivity contribution in [2.75, 3.05) is 25.6 Å². The average molecular weight is 471 g/mol. The zero-order valence-corrected chi connectivity index (χ0v) is 19.5. The Bertz CT molecular complexity index is 1150. The summed E-state index contributed by atoms with van der Waals surface area (Å²) in [7, 11) is -1.81. The molecule has 0 aliphatic carbocycles. The molecule has 1 aromatic heterocycles. The first-order valence-corrected chi connectivity index (χ1v) is 12.9. The number of sulfonamides is 1. The van der Waals surface area contributed by atoms with E-state index in [1.54, 1.807) is 29.8 Å². The van der Waals surface area contributed by atoms with E-state index in [2.05, 4.69) is 15.5 Å². The first-order chi connectivity index (χ1) is 15.6. The molecule has 0 bridgehead atoms. The maximum Gasteiger partial charge on any atom is 0.243 e. The summed E-state index contributed by atoms with van der Waals surface area (Å²) < 4.78 is 32.6. The second-order valence-corrected chi connectivity index (χ2v) is 10.3. The number of hydrogen-bond acceptors (Lipinski definition) is 7. The molecule has 2 aromatic carbocycles. The van der Waals surface area contributed by atoms with E-state index in [1.807, 2.05) is 41.8 Å². The van der Waals surface area contributed by atoms with E-state index in [9.17, 15) is 8.42 Å². The summed E-state index contributed by atoms with van der Waals surface area (Å²) in [6.07, 6.45) is 5.74. The van der Waals surface area contributed by atoms with Gasteiger partial charge in [-0.3, -0.25) is 5.43 Å². The summed E-state index contributed by atoms with van der Waals surface area (Å²) in [6.45, 7) is 1.20. The van der Waals surface area contributed by atoms with E-state index in [0.717, 1.165) is 48.3 Å². The average Bonchev–Trinajstić information content (AvgIpc) is 3.11. The number of rotatable bonds is 7. The third-order valence-corrected chi connectivity index (χ3v) is 8.01. The molecule has 0 amide bonds. The molecule has 1 aliphatic rings. The molecule has 0 unspecified atom stereocenters.